The molecule has 7 nitrogen and oxygen atoms in total. The minimum Gasteiger partial charge on any atom is -0.477 e. The molecule has 0 unspecified atom stereocenters. The molecule has 2 aromatic rings. The normalized spacial score (nSPS) is 13.9. The van der Waals surface area contributed by atoms with Crippen molar-refractivity contribution in [3.8, 4) is 0 Å². The Morgan fingerprint density at radius 2 is 2.05 bits per heavy atom. The van der Waals surface area contributed by atoms with Gasteiger partial charge in [-0.25, -0.2) is 9.78 Å². The number of aromatic nitrogens is 3. The Hall–Kier alpha value is -2.70. The fraction of sp³-hybridized carbons (Fsp3) is 0.286. The number of pyridine rings is 1. The minimum atomic E-state index is -1.18. The summed E-state index contributed by atoms with van der Waals surface area (Å²) in [7, 11) is 0. The summed E-state index contributed by atoms with van der Waals surface area (Å²) in [6, 6.07) is 3.83. The van der Waals surface area contributed by atoms with E-state index in [0.717, 1.165) is 18.4 Å². The number of H-pyrrole nitrogens is 1. The molecule has 1 saturated carbocycles. The lowest BCUT2D eigenvalue weighted by Gasteiger charge is -2.21. The Bertz CT molecular complexity index is 664. The summed E-state index contributed by atoms with van der Waals surface area (Å²) in [6.45, 7) is 0.429. The van der Waals surface area contributed by atoms with Crippen LogP contribution in [0.4, 0.5) is 0 Å². The summed E-state index contributed by atoms with van der Waals surface area (Å²) >= 11 is 0. The number of hydrogen-bond donors (Lipinski definition) is 2. The molecular formula is C14H14N4O3. The van der Waals surface area contributed by atoms with Gasteiger partial charge in [0.15, 0.2) is 11.4 Å². The van der Waals surface area contributed by atoms with Gasteiger partial charge in [-0.2, -0.15) is 0 Å². The van der Waals surface area contributed by atoms with Crippen molar-refractivity contribution in [1.82, 2.24) is 19.9 Å². The number of aromatic amines is 1. The first-order chi connectivity index (χ1) is 10.2. The number of imidazole rings is 1. The van der Waals surface area contributed by atoms with Crippen LogP contribution in [0.2, 0.25) is 0 Å². The fourth-order valence-electron chi connectivity index (χ4n) is 2.19. The van der Waals surface area contributed by atoms with E-state index in [1.54, 1.807) is 17.3 Å². The standard InChI is InChI=1S/C14H14N4O3/c19-13(11-12(14(20)21)17-8-16-11)18(10-1-2-10)7-9-3-5-15-6-4-9/h3-6,8,10H,1-2,7H2,(H,16,17)(H,20,21). The molecule has 1 aliphatic rings. The summed E-state index contributed by atoms with van der Waals surface area (Å²) < 4.78 is 0. The topological polar surface area (TPSA) is 99.2 Å². The van der Waals surface area contributed by atoms with Crippen LogP contribution in [0.15, 0.2) is 30.9 Å². The molecule has 2 N–H and O–H groups in total. The van der Waals surface area contributed by atoms with Crippen LogP contribution in [0.3, 0.4) is 0 Å². The fourth-order valence-corrected chi connectivity index (χ4v) is 2.19. The van der Waals surface area contributed by atoms with Gasteiger partial charge in [0, 0.05) is 25.0 Å². The summed E-state index contributed by atoms with van der Waals surface area (Å²) in [6.07, 6.45) is 6.44. The average Bonchev–Trinajstić information content (AvgIpc) is 3.20. The highest BCUT2D eigenvalue weighted by molar-refractivity contribution is 6.02. The molecule has 21 heavy (non-hydrogen) atoms. The highest BCUT2D eigenvalue weighted by Gasteiger charge is 2.35. The molecule has 1 fully saturated rings. The van der Waals surface area contributed by atoms with E-state index in [2.05, 4.69) is 15.0 Å². The largest absolute Gasteiger partial charge is 0.477 e. The van der Waals surface area contributed by atoms with Gasteiger partial charge in [0.1, 0.15) is 0 Å². The van der Waals surface area contributed by atoms with Crippen LogP contribution >= 0.6 is 0 Å². The molecule has 1 aliphatic carbocycles. The number of aromatic carboxylic acids is 1. The Labute approximate surface area is 120 Å². The molecule has 0 bridgehead atoms. The summed E-state index contributed by atoms with van der Waals surface area (Å²) in [5, 5.41) is 9.08. The van der Waals surface area contributed by atoms with Crippen molar-refractivity contribution in [2.75, 3.05) is 0 Å². The van der Waals surface area contributed by atoms with Crippen molar-refractivity contribution in [2.24, 2.45) is 0 Å². The second-order valence-electron chi connectivity index (χ2n) is 4.95. The molecule has 2 heterocycles. The lowest BCUT2D eigenvalue weighted by molar-refractivity contribution is 0.0661. The van der Waals surface area contributed by atoms with Gasteiger partial charge in [0.2, 0.25) is 0 Å². The average molecular weight is 286 g/mol. The number of hydrogen-bond acceptors (Lipinski definition) is 4. The number of carboxylic acids is 1. The van der Waals surface area contributed by atoms with Gasteiger partial charge in [0.25, 0.3) is 5.91 Å². The maximum Gasteiger partial charge on any atom is 0.354 e. The lowest BCUT2D eigenvalue weighted by Crippen LogP contribution is -2.33. The third kappa shape index (κ3) is 2.76. The van der Waals surface area contributed by atoms with Crippen LogP contribution in [0.5, 0.6) is 0 Å². The Kier molecular flexibility index (Phi) is 3.39. The van der Waals surface area contributed by atoms with Crippen LogP contribution < -0.4 is 0 Å². The number of nitrogens with one attached hydrogen (secondary N) is 1. The quantitative estimate of drug-likeness (QED) is 0.863. The Balaban J connectivity index is 1.85. The first-order valence-electron chi connectivity index (χ1n) is 6.63. The van der Waals surface area contributed by atoms with Crippen LogP contribution in [0, 0.1) is 0 Å². The van der Waals surface area contributed by atoms with Gasteiger partial charge in [-0.05, 0) is 30.5 Å². The molecule has 0 spiro atoms. The second kappa shape index (κ2) is 5.35. The summed E-state index contributed by atoms with van der Waals surface area (Å²) in [5.41, 5.74) is 0.751. The lowest BCUT2D eigenvalue weighted by atomic mass is 10.2. The van der Waals surface area contributed by atoms with E-state index in [0.29, 0.717) is 6.54 Å². The zero-order valence-corrected chi connectivity index (χ0v) is 11.2. The van der Waals surface area contributed by atoms with E-state index in [9.17, 15) is 9.59 Å². The van der Waals surface area contributed by atoms with Crippen LogP contribution in [-0.4, -0.2) is 42.9 Å². The van der Waals surface area contributed by atoms with Crippen molar-refractivity contribution >= 4 is 11.9 Å². The van der Waals surface area contributed by atoms with Gasteiger partial charge in [-0.1, -0.05) is 0 Å². The highest BCUT2D eigenvalue weighted by Crippen LogP contribution is 2.29. The number of carbonyl (C=O) groups is 2. The number of amides is 1. The highest BCUT2D eigenvalue weighted by atomic mass is 16.4. The first-order valence-corrected chi connectivity index (χ1v) is 6.63. The monoisotopic (exact) mass is 286 g/mol. The number of nitrogens with zero attached hydrogens (tertiary/aromatic N) is 3. The molecule has 2 aromatic heterocycles. The maximum atomic E-state index is 12.6. The molecule has 0 saturated heterocycles. The zero-order chi connectivity index (χ0) is 14.8. The number of rotatable bonds is 5. The molecule has 7 heteroatoms. The van der Waals surface area contributed by atoms with Crippen molar-refractivity contribution in [2.45, 2.75) is 25.4 Å². The van der Waals surface area contributed by atoms with Crippen LogP contribution in [0.1, 0.15) is 39.4 Å². The molecule has 108 valence electrons. The third-order valence-electron chi connectivity index (χ3n) is 3.41. The van der Waals surface area contributed by atoms with E-state index in [4.69, 9.17) is 5.11 Å². The van der Waals surface area contributed by atoms with Crippen molar-refractivity contribution in [1.29, 1.82) is 0 Å². The molecule has 0 aromatic carbocycles. The van der Waals surface area contributed by atoms with E-state index < -0.39 is 5.97 Å². The third-order valence-corrected chi connectivity index (χ3v) is 3.41. The molecule has 0 radical (unpaired) electrons. The smallest absolute Gasteiger partial charge is 0.354 e. The number of carbonyl (C=O) groups excluding carboxylic acids is 1. The van der Waals surface area contributed by atoms with Gasteiger partial charge in [-0.15, -0.1) is 0 Å². The molecule has 0 atom stereocenters. The Morgan fingerprint density at radius 1 is 1.33 bits per heavy atom. The van der Waals surface area contributed by atoms with E-state index in [1.807, 2.05) is 12.1 Å². The zero-order valence-electron chi connectivity index (χ0n) is 11.2. The predicted molar refractivity (Wildman–Crippen MR) is 72.7 cm³/mol. The molecule has 0 aliphatic heterocycles. The van der Waals surface area contributed by atoms with Gasteiger partial charge < -0.3 is 15.0 Å². The van der Waals surface area contributed by atoms with Crippen LogP contribution in [-0.2, 0) is 6.54 Å². The van der Waals surface area contributed by atoms with Crippen LogP contribution in [0.25, 0.3) is 0 Å². The van der Waals surface area contributed by atoms with Crippen molar-refractivity contribution in [3.63, 3.8) is 0 Å². The second-order valence-corrected chi connectivity index (χ2v) is 4.95. The van der Waals surface area contributed by atoms with E-state index >= 15 is 0 Å². The first kappa shape index (κ1) is 13.3. The minimum absolute atomic E-state index is 0.0385. The number of carboxylic acid groups (broad SMARTS) is 1. The van der Waals surface area contributed by atoms with Gasteiger partial charge >= 0.3 is 5.97 Å². The molecule has 3 rings (SSSR count). The van der Waals surface area contributed by atoms with E-state index in [1.165, 1.54) is 6.33 Å². The summed E-state index contributed by atoms with van der Waals surface area (Å²) in [5.74, 6) is -1.54. The SMILES string of the molecule is O=C(O)c1[nH]cnc1C(=O)N(Cc1ccncc1)C1CC1. The predicted octanol–water partition coefficient (Wildman–Crippen LogP) is 1.31. The Morgan fingerprint density at radius 3 is 2.67 bits per heavy atom. The molecular weight excluding hydrogens is 272 g/mol. The van der Waals surface area contributed by atoms with Crippen molar-refractivity contribution in [3.05, 3.63) is 47.8 Å². The van der Waals surface area contributed by atoms with Crippen molar-refractivity contribution < 1.29 is 14.7 Å². The van der Waals surface area contributed by atoms with Gasteiger partial charge in [0.05, 0.1) is 6.33 Å². The van der Waals surface area contributed by atoms with E-state index in [-0.39, 0.29) is 23.3 Å². The molecule has 1 amide bonds. The summed E-state index contributed by atoms with van der Waals surface area (Å²) in [4.78, 5) is 35.7. The van der Waals surface area contributed by atoms with Gasteiger partial charge in [-0.3, -0.25) is 9.78 Å². The maximum absolute atomic E-state index is 12.6.